The fourth-order valence-electron chi connectivity index (χ4n) is 1.59. The molecule has 0 aliphatic carbocycles. The normalized spacial score (nSPS) is 10.5. The lowest BCUT2D eigenvalue weighted by molar-refractivity contribution is 0.463. The van der Waals surface area contributed by atoms with Crippen molar-refractivity contribution in [2.24, 2.45) is 0 Å². The van der Waals surface area contributed by atoms with Crippen LogP contribution in [0.5, 0.6) is 0 Å². The second kappa shape index (κ2) is 7.31. The standard InChI is InChI=1S/C13H21N3OS/c1-5-6-7-14-13-15-10(2)12(18-13)11(9-17)8-16(3)4/h5-8H2,1-4H3,(H,14,15). The molecule has 5 heteroatoms. The van der Waals surface area contributed by atoms with Gasteiger partial charge in [0, 0.05) is 13.1 Å². The van der Waals surface area contributed by atoms with Crippen LogP contribution in [0.4, 0.5) is 5.13 Å². The second-order valence-corrected chi connectivity index (χ2v) is 5.53. The Bertz CT molecular complexity index is 433. The van der Waals surface area contributed by atoms with Crippen molar-refractivity contribution in [1.29, 1.82) is 0 Å². The van der Waals surface area contributed by atoms with Crippen LogP contribution in [-0.2, 0) is 4.79 Å². The van der Waals surface area contributed by atoms with Gasteiger partial charge in [-0.05, 0) is 27.4 Å². The number of unbranched alkanes of at least 4 members (excludes halogenated alkanes) is 1. The molecule has 1 heterocycles. The summed E-state index contributed by atoms with van der Waals surface area (Å²) in [6.45, 7) is 5.62. The number of hydrogen-bond donors (Lipinski definition) is 1. The van der Waals surface area contributed by atoms with E-state index < -0.39 is 0 Å². The van der Waals surface area contributed by atoms with Gasteiger partial charge in [0.15, 0.2) is 5.13 Å². The molecule has 0 unspecified atom stereocenters. The molecule has 0 radical (unpaired) electrons. The van der Waals surface area contributed by atoms with E-state index in [4.69, 9.17) is 0 Å². The quantitative estimate of drug-likeness (QED) is 0.609. The molecule has 0 fully saturated rings. The van der Waals surface area contributed by atoms with Crippen molar-refractivity contribution in [2.45, 2.75) is 26.7 Å². The lowest BCUT2D eigenvalue weighted by Gasteiger charge is -2.08. The number of likely N-dealkylation sites (N-methyl/N-ethyl adjacent to an activating group) is 1. The Morgan fingerprint density at radius 3 is 2.78 bits per heavy atom. The van der Waals surface area contributed by atoms with Crippen LogP contribution >= 0.6 is 11.3 Å². The van der Waals surface area contributed by atoms with Crippen LogP contribution in [0.25, 0.3) is 5.57 Å². The van der Waals surface area contributed by atoms with E-state index in [2.05, 4.69) is 17.2 Å². The number of anilines is 1. The number of rotatable bonds is 7. The van der Waals surface area contributed by atoms with Crippen LogP contribution in [0.2, 0.25) is 0 Å². The SMILES string of the molecule is CCCCNc1nc(C)c(C(=C=O)CN(C)C)s1. The summed E-state index contributed by atoms with van der Waals surface area (Å²) >= 11 is 1.54. The number of thiazole rings is 1. The zero-order valence-corrected chi connectivity index (χ0v) is 12.4. The maximum absolute atomic E-state index is 11.0. The minimum Gasteiger partial charge on any atom is -0.361 e. The Hall–Kier alpha value is -1.16. The molecule has 1 rings (SSSR count). The van der Waals surface area contributed by atoms with Crippen molar-refractivity contribution in [3.05, 3.63) is 10.6 Å². The van der Waals surface area contributed by atoms with Crippen LogP contribution in [0.15, 0.2) is 0 Å². The topological polar surface area (TPSA) is 45.2 Å². The minimum atomic E-state index is 0.598. The summed E-state index contributed by atoms with van der Waals surface area (Å²) in [4.78, 5) is 18.4. The van der Waals surface area contributed by atoms with Crippen molar-refractivity contribution < 1.29 is 4.79 Å². The molecule has 100 valence electrons. The summed E-state index contributed by atoms with van der Waals surface area (Å²) in [5.41, 5.74) is 1.58. The summed E-state index contributed by atoms with van der Waals surface area (Å²) in [6, 6.07) is 0. The lowest BCUT2D eigenvalue weighted by atomic mass is 10.2. The molecule has 18 heavy (non-hydrogen) atoms. The van der Waals surface area contributed by atoms with E-state index in [9.17, 15) is 4.79 Å². The molecule has 0 spiro atoms. The van der Waals surface area contributed by atoms with Gasteiger partial charge < -0.3 is 10.2 Å². The van der Waals surface area contributed by atoms with Crippen LogP contribution in [0, 0.1) is 6.92 Å². The molecule has 1 aromatic rings. The summed E-state index contributed by atoms with van der Waals surface area (Å²) in [6.07, 6.45) is 2.28. The average Bonchev–Trinajstić information content (AvgIpc) is 2.67. The molecule has 0 aliphatic heterocycles. The molecular weight excluding hydrogens is 246 g/mol. The molecule has 0 aromatic carbocycles. The zero-order chi connectivity index (χ0) is 13.5. The van der Waals surface area contributed by atoms with Crippen molar-refractivity contribution in [2.75, 3.05) is 32.5 Å². The third kappa shape index (κ3) is 4.26. The number of nitrogens with zero attached hydrogens (tertiary/aromatic N) is 2. The van der Waals surface area contributed by atoms with Gasteiger partial charge in [-0.1, -0.05) is 24.7 Å². The smallest absolute Gasteiger partial charge is 0.183 e. The Kier molecular flexibility index (Phi) is 6.05. The van der Waals surface area contributed by atoms with Crippen LogP contribution in [0.1, 0.15) is 30.3 Å². The second-order valence-electron chi connectivity index (χ2n) is 4.53. The first-order valence-electron chi connectivity index (χ1n) is 6.18. The summed E-state index contributed by atoms with van der Waals surface area (Å²) in [5.74, 6) is 2.04. The minimum absolute atomic E-state index is 0.598. The third-order valence-corrected chi connectivity index (χ3v) is 3.65. The lowest BCUT2D eigenvalue weighted by Crippen LogP contribution is -2.14. The molecule has 1 aromatic heterocycles. The summed E-state index contributed by atoms with van der Waals surface area (Å²) in [7, 11) is 3.88. The molecule has 1 N–H and O–H groups in total. The Morgan fingerprint density at radius 1 is 1.50 bits per heavy atom. The van der Waals surface area contributed by atoms with Crippen molar-refractivity contribution in [3.8, 4) is 0 Å². The van der Waals surface area contributed by atoms with E-state index in [1.807, 2.05) is 31.9 Å². The van der Waals surface area contributed by atoms with Crippen molar-refractivity contribution in [3.63, 3.8) is 0 Å². The predicted octanol–water partition coefficient (Wildman–Crippen LogP) is 2.44. The highest BCUT2D eigenvalue weighted by Crippen LogP contribution is 2.28. The van der Waals surface area contributed by atoms with E-state index >= 15 is 0 Å². The maximum atomic E-state index is 11.0. The third-order valence-electron chi connectivity index (χ3n) is 2.47. The van der Waals surface area contributed by atoms with E-state index in [1.54, 1.807) is 0 Å². The molecule has 0 amide bonds. The number of aryl methyl sites for hydroxylation is 1. The highest BCUT2D eigenvalue weighted by molar-refractivity contribution is 7.16. The maximum Gasteiger partial charge on any atom is 0.183 e. The molecule has 0 atom stereocenters. The first kappa shape index (κ1) is 14.9. The van der Waals surface area contributed by atoms with E-state index in [-0.39, 0.29) is 0 Å². The van der Waals surface area contributed by atoms with Gasteiger partial charge in [0.25, 0.3) is 0 Å². The van der Waals surface area contributed by atoms with Gasteiger partial charge in [0.2, 0.25) is 0 Å². The molecule has 0 saturated heterocycles. The fraction of sp³-hybridized carbons (Fsp3) is 0.615. The number of hydrogen-bond acceptors (Lipinski definition) is 5. The number of carbonyl (C=O) groups excluding carboxylic acids is 1. The number of aromatic nitrogens is 1. The predicted molar refractivity (Wildman–Crippen MR) is 77.9 cm³/mol. The number of nitrogens with one attached hydrogen (secondary N) is 1. The Balaban J connectivity index is 2.80. The fourth-order valence-corrected chi connectivity index (χ4v) is 2.56. The molecule has 4 nitrogen and oxygen atoms in total. The molecule has 0 saturated carbocycles. The van der Waals surface area contributed by atoms with Gasteiger partial charge in [-0.25, -0.2) is 9.78 Å². The van der Waals surface area contributed by atoms with Gasteiger partial charge in [-0.2, -0.15) is 0 Å². The highest BCUT2D eigenvalue weighted by Gasteiger charge is 2.13. The monoisotopic (exact) mass is 267 g/mol. The first-order chi connectivity index (χ1) is 8.58. The molecule has 0 bridgehead atoms. The van der Waals surface area contributed by atoms with E-state index in [0.29, 0.717) is 12.1 Å². The van der Waals surface area contributed by atoms with Gasteiger partial charge in [-0.3, -0.25) is 0 Å². The first-order valence-corrected chi connectivity index (χ1v) is 7.00. The van der Waals surface area contributed by atoms with Crippen molar-refractivity contribution >= 4 is 28.0 Å². The summed E-state index contributed by atoms with van der Waals surface area (Å²) < 4.78 is 0. The van der Waals surface area contributed by atoms with Crippen LogP contribution < -0.4 is 5.32 Å². The Labute approximate surface area is 113 Å². The van der Waals surface area contributed by atoms with Gasteiger partial charge in [-0.15, -0.1) is 0 Å². The van der Waals surface area contributed by atoms with Crippen molar-refractivity contribution in [1.82, 2.24) is 9.88 Å². The highest BCUT2D eigenvalue weighted by atomic mass is 32.1. The largest absolute Gasteiger partial charge is 0.361 e. The van der Waals surface area contributed by atoms with Gasteiger partial charge in [0.1, 0.15) is 5.94 Å². The molecular formula is C13H21N3OS. The van der Waals surface area contributed by atoms with Gasteiger partial charge in [0.05, 0.1) is 16.1 Å². The summed E-state index contributed by atoms with van der Waals surface area (Å²) in [5, 5.41) is 4.18. The van der Waals surface area contributed by atoms with Crippen LogP contribution in [0.3, 0.4) is 0 Å². The zero-order valence-electron chi connectivity index (χ0n) is 11.5. The van der Waals surface area contributed by atoms with E-state index in [1.165, 1.54) is 11.3 Å². The van der Waals surface area contributed by atoms with E-state index in [0.717, 1.165) is 35.1 Å². The van der Waals surface area contributed by atoms with Crippen LogP contribution in [-0.4, -0.2) is 43.0 Å². The van der Waals surface area contributed by atoms with Gasteiger partial charge >= 0.3 is 0 Å². The Morgan fingerprint density at radius 2 is 2.22 bits per heavy atom. The average molecular weight is 267 g/mol. The molecule has 0 aliphatic rings.